The number of aliphatic carboxylic acids is 2. The highest BCUT2D eigenvalue weighted by Gasteiger charge is 2.02. The van der Waals surface area contributed by atoms with E-state index in [0.29, 0.717) is 10.6 Å². The van der Waals surface area contributed by atoms with Gasteiger partial charge in [0.15, 0.2) is 0 Å². The summed E-state index contributed by atoms with van der Waals surface area (Å²) in [6, 6.07) is 13.9. The quantitative estimate of drug-likeness (QED) is 0.875. The molecule has 0 fully saturated rings. The molecule has 0 saturated carbocycles. The van der Waals surface area contributed by atoms with E-state index in [0.717, 1.165) is 11.3 Å². The normalized spacial score (nSPS) is 9.48. The first-order valence-electron chi connectivity index (χ1n) is 6.72. The Balaban J connectivity index is 0.000000231. The zero-order valence-corrected chi connectivity index (χ0v) is 13.3. The number of carbonyl (C=O) groups is 2. The second-order valence-electron chi connectivity index (χ2n) is 4.58. The van der Waals surface area contributed by atoms with Gasteiger partial charge in [0, 0.05) is 5.02 Å². The summed E-state index contributed by atoms with van der Waals surface area (Å²) in [4.78, 5) is 20.6. The van der Waals surface area contributed by atoms with Crippen molar-refractivity contribution in [3.05, 3.63) is 64.7 Å². The van der Waals surface area contributed by atoms with Crippen LogP contribution in [0.1, 0.15) is 11.1 Å². The van der Waals surface area contributed by atoms with E-state index in [-0.39, 0.29) is 12.8 Å². The number of hydrogen-bond donors (Lipinski definition) is 2. The van der Waals surface area contributed by atoms with Crippen molar-refractivity contribution >= 4 is 23.5 Å². The molecule has 23 heavy (non-hydrogen) atoms. The molecule has 2 aromatic rings. The predicted octanol–water partition coefficient (Wildman–Crippen LogP) is 3.29. The SMILES string of the molecule is COc1ccc(CC(=O)O)cc1.O=C(O)Cc1ccccc1Cl. The Hall–Kier alpha value is -2.53. The number of hydrogen-bond acceptors (Lipinski definition) is 3. The molecule has 0 aliphatic carbocycles. The summed E-state index contributed by atoms with van der Waals surface area (Å²) >= 11 is 5.70. The van der Waals surface area contributed by atoms with Gasteiger partial charge in [0.05, 0.1) is 20.0 Å². The molecule has 2 aromatic carbocycles. The second-order valence-corrected chi connectivity index (χ2v) is 4.99. The van der Waals surface area contributed by atoms with Crippen molar-refractivity contribution in [2.45, 2.75) is 12.8 Å². The number of rotatable bonds is 5. The lowest BCUT2D eigenvalue weighted by Crippen LogP contribution is -1.99. The number of benzene rings is 2. The topological polar surface area (TPSA) is 83.8 Å². The van der Waals surface area contributed by atoms with Crippen LogP contribution in [0.2, 0.25) is 5.02 Å². The zero-order valence-electron chi connectivity index (χ0n) is 12.5. The predicted molar refractivity (Wildman–Crippen MR) is 87.1 cm³/mol. The lowest BCUT2D eigenvalue weighted by molar-refractivity contribution is -0.137. The summed E-state index contributed by atoms with van der Waals surface area (Å²) < 4.78 is 4.93. The second kappa shape index (κ2) is 9.48. The van der Waals surface area contributed by atoms with Crippen LogP contribution in [0.15, 0.2) is 48.5 Å². The van der Waals surface area contributed by atoms with Gasteiger partial charge in [-0.15, -0.1) is 0 Å². The van der Waals surface area contributed by atoms with Gasteiger partial charge in [-0.2, -0.15) is 0 Å². The number of carboxylic acid groups (broad SMARTS) is 2. The molecule has 0 spiro atoms. The van der Waals surface area contributed by atoms with Crippen LogP contribution in [0.4, 0.5) is 0 Å². The molecule has 0 aliphatic heterocycles. The first-order valence-corrected chi connectivity index (χ1v) is 7.10. The van der Waals surface area contributed by atoms with E-state index in [4.69, 9.17) is 26.6 Å². The fraction of sp³-hybridized carbons (Fsp3) is 0.176. The Morgan fingerprint density at radius 1 is 0.957 bits per heavy atom. The number of methoxy groups -OCH3 is 1. The van der Waals surface area contributed by atoms with Crippen molar-refractivity contribution in [3.8, 4) is 5.75 Å². The van der Waals surface area contributed by atoms with Crippen LogP contribution in [-0.2, 0) is 22.4 Å². The average Bonchev–Trinajstić information content (AvgIpc) is 2.50. The Morgan fingerprint density at radius 3 is 2.00 bits per heavy atom. The smallest absolute Gasteiger partial charge is 0.307 e. The maximum atomic E-state index is 10.3. The number of carboxylic acids is 2. The highest BCUT2D eigenvalue weighted by molar-refractivity contribution is 6.31. The molecule has 0 atom stereocenters. The highest BCUT2D eigenvalue weighted by atomic mass is 35.5. The average molecular weight is 337 g/mol. The van der Waals surface area contributed by atoms with Crippen molar-refractivity contribution in [1.82, 2.24) is 0 Å². The summed E-state index contributed by atoms with van der Waals surface area (Å²) in [5, 5.41) is 17.4. The summed E-state index contributed by atoms with van der Waals surface area (Å²) in [7, 11) is 1.58. The molecule has 0 radical (unpaired) electrons. The van der Waals surface area contributed by atoms with E-state index >= 15 is 0 Å². The monoisotopic (exact) mass is 336 g/mol. The molecule has 2 rings (SSSR count). The molecule has 5 nitrogen and oxygen atoms in total. The van der Waals surface area contributed by atoms with Crippen LogP contribution in [0.5, 0.6) is 5.75 Å². The van der Waals surface area contributed by atoms with Gasteiger partial charge in [-0.1, -0.05) is 41.9 Å². The van der Waals surface area contributed by atoms with Crippen LogP contribution >= 0.6 is 11.6 Å². The molecule has 6 heteroatoms. The number of ether oxygens (including phenoxy) is 1. The highest BCUT2D eigenvalue weighted by Crippen LogP contribution is 2.15. The zero-order chi connectivity index (χ0) is 17.2. The maximum Gasteiger partial charge on any atom is 0.307 e. The van der Waals surface area contributed by atoms with E-state index in [2.05, 4.69) is 0 Å². The van der Waals surface area contributed by atoms with E-state index < -0.39 is 11.9 Å². The first kappa shape index (κ1) is 18.5. The van der Waals surface area contributed by atoms with Gasteiger partial charge in [0.25, 0.3) is 0 Å². The van der Waals surface area contributed by atoms with Crippen molar-refractivity contribution in [1.29, 1.82) is 0 Å². The summed E-state index contributed by atoms with van der Waals surface area (Å²) in [6.45, 7) is 0. The van der Waals surface area contributed by atoms with Gasteiger partial charge >= 0.3 is 11.9 Å². The Labute approximate surface area is 139 Å². The van der Waals surface area contributed by atoms with Crippen LogP contribution in [0.25, 0.3) is 0 Å². The largest absolute Gasteiger partial charge is 0.497 e. The standard InChI is InChI=1S/C9H10O3.C8H7ClO2/c1-12-8-4-2-7(3-5-8)6-9(10)11;9-7-4-2-1-3-6(7)5-8(10)11/h2-5H,6H2,1H3,(H,10,11);1-4H,5H2,(H,10,11). The Morgan fingerprint density at radius 2 is 1.52 bits per heavy atom. The van der Waals surface area contributed by atoms with E-state index in [1.807, 2.05) is 0 Å². The third-order valence-corrected chi connectivity index (χ3v) is 3.18. The molecule has 0 amide bonds. The Kier molecular flexibility index (Phi) is 7.63. The van der Waals surface area contributed by atoms with Crippen molar-refractivity contribution in [3.63, 3.8) is 0 Å². The minimum atomic E-state index is -0.863. The van der Waals surface area contributed by atoms with Crippen LogP contribution in [0.3, 0.4) is 0 Å². The van der Waals surface area contributed by atoms with Gasteiger partial charge in [-0.3, -0.25) is 9.59 Å². The molecule has 122 valence electrons. The van der Waals surface area contributed by atoms with E-state index in [1.54, 1.807) is 55.6 Å². The van der Waals surface area contributed by atoms with Gasteiger partial charge in [-0.25, -0.2) is 0 Å². The Bertz CT molecular complexity index is 652. The first-order chi connectivity index (χ1) is 10.9. The van der Waals surface area contributed by atoms with Crippen LogP contribution in [0, 0.1) is 0 Å². The molecule has 0 bridgehead atoms. The van der Waals surface area contributed by atoms with Crippen LogP contribution < -0.4 is 4.74 Å². The molecule has 0 heterocycles. The van der Waals surface area contributed by atoms with E-state index in [1.165, 1.54) is 0 Å². The molecule has 0 unspecified atom stereocenters. The third-order valence-electron chi connectivity index (χ3n) is 2.81. The van der Waals surface area contributed by atoms with Gasteiger partial charge < -0.3 is 14.9 Å². The van der Waals surface area contributed by atoms with Crippen molar-refractivity contribution < 1.29 is 24.5 Å². The minimum Gasteiger partial charge on any atom is -0.497 e. The van der Waals surface area contributed by atoms with Crippen molar-refractivity contribution in [2.75, 3.05) is 7.11 Å². The van der Waals surface area contributed by atoms with Gasteiger partial charge in [-0.05, 0) is 29.3 Å². The van der Waals surface area contributed by atoms with E-state index in [9.17, 15) is 9.59 Å². The lowest BCUT2D eigenvalue weighted by atomic mass is 10.1. The minimum absolute atomic E-state index is 0.0142. The summed E-state index contributed by atoms with van der Waals surface area (Å²) in [6.07, 6.45) is 0.0453. The third kappa shape index (κ3) is 7.33. The fourth-order valence-corrected chi connectivity index (χ4v) is 1.93. The summed E-state index contributed by atoms with van der Waals surface area (Å²) in [5.41, 5.74) is 1.44. The molecule has 2 N–H and O–H groups in total. The number of halogens is 1. The molecular formula is C17H17ClO5. The van der Waals surface area contributed by atoms with Crippen molar-refractivity contribution in [2.24, 2.45) is 0 Å². The fourth-order valence-electron chi connectivity index (χ4n) is 1.72. The van der Waals surface area contributed by atoms with Gasteiger partial charge in [0.1, 0.15) is 5.75 Å². The molecular weight excluding hydrogens is 320 g/mol. The molecule has 0 aromatic heterocycles. The maximum absolute atomic E-state index is 10.3. The molecule has 0 saturated heterocycles. The summed E-state index contributed by atoms with van der Waals surface area (Å²) in [5.74, 6) is -0.942. The molecule has 0 aliphatic rings. The van der Waals surface area contributed by atoms with Gasteiger partial charge in [0.2, 0.25) is 0 Å². The van der Waals surface area contributed by atoms with Crippen LogP contribution in [-0.4, -0.2) is 29.3 Å². The lowest BCUT2D eigenvalue weighted by Gasteiger charge is -1.99.